The van der Waals surface area contributed by atoms with Crippen molar-refractivity contribution in [2.75, 3.05) is 0 Å². The molecular weight excluding hydrogens is 410 g/mol. The highest BCUT2D eigenvalue weighted by molar-refractivity contribution is 5.92. The molecule has 3 aromatic heterocycles. The lowest BCUT2D eigenvalue weighted by atomic mass is 9.98. The van der Waals surface area contributed by atoms with Crippen LogP contribution in [0, 0.1) is 26.7 Å². The van der Waals surface area contributed by atoms with E-state index in [0.717, 1.165) is 12.0 Å². The Morgan fingerprint density at radius 1 is 1.06 bits per heavy atom. The molecule has 0 saturated carbocycles. The van der Waals surface area contributed by atoms with Gasteiger partial charge in [0.15, 0.2) is 0 Å². The third kappa shape index (κ3) is 3.41. The smallest absolute Gasteiger partial charge is 0.339 e. The van der Waals surface area contributed by atoms with E-state index in [0.29, 0.717) is 51.2 Å². The van der Waals surface area contributed by atoms with Gasteiger partial charge in [-0.3, -0.25) is 14.3 Å². The lowest BCUT2D eigenvalue weighted by molar-refractivity contribution is 0.469. The van der Waals surface area contributed by atoms with Gasteiger partial charge in [-0.05, 0) is 56.9 Å². The summed E-state index contributed by atoms with van der Waals surface area (Å²) in [5.74, 6) is 0.289. The number of phenols is 1. The van der Waals surface area contributed by atoms with Crippen molar-refractivity contribution in [1.82, 2.24) is 14.5 Å². The topological polar surface area (TPSA) is 118 Å². The molecule has 0 aliphatic heterocycles. The summed E-state index contributed by atoms with van der Waals surface area (Å²) in [6, 6.07) is 4.96. The SMILES string of the molecule is Cc1c(C)c2cc(-c3ccc4c(=O)[nH]c(=O)n(CCC(C)C)c4n3)c(O)c(C)c2oc1=O. The standard InChI is InChI=1S/C24H25N3O5/c1-11(2)8-9-27-21-15(22(29)26-24(27)31)6-7-18(25-21)17-10-16-12(3)13(4)23(30)32-20(16)14(5)19(17)28/h6-7,10-11,28H,8-9H2,1-5H3,(H,26,29,31). The van der Waals surface area contributed by atoms with Crippen molar-refractivity contribution in [2.24, 2.45) is 5.92 Å². The summed E-state index contributed by atoms with van der Waals surface area (Å²) in [7, 11) is 0. The summed E-state index contributed by atoms with van der Waals surface area (Å²) < 4.78 is 6.88. The van der Waals surface area contributed by atoms with Crippen molar-refractivity contribution in [3.05, 3.63) is 66.1 Å². The van der Waals surface area contributed by atoms with Crippen LogP contribution in [0.2, 0.25) is 0 Å². The number of aromatic hydroxyl groups is 1. The van der Waals surface area contributed by atoms with Gasteiger partial charge in [0.1, 0.15) is 17.0 Å². The fourth-order valence-corrected chi connectivity index (χ4v) is 3.82. The van der Waals surface area contributed by atoms with Crippen molar-refractivity contribution in [2.45, 2.75) is 47.6 Å². The second-order valence-corrected chi connectivity index (χ2v) is 8.58. The molecule has 0 unspecified atom stereocenters. The zero-order valence-corrected chi connectivity index (χ0v) is 18.7. The number of rotatable bonds is 4. The van der Waals surface area contributed by atoms with Gasteiger partial charge < -0.3 is 9.52 Å². The molecule has 2 N–H and O–H groups in total. The van der Waals surface area contributed by atoms with Gasteiger partial charge in [-0.15, -0.1) is 0 Å². The first-order chi connectivity index (χ1) is 15.1. The van der Waals surface area contributed by atoms with E-state index in [9.17, 15) is 19.5 Å². The number of pyridine rings is 1. The summed E-state index contributed by atoms with van der Waals surface area (Å²) in [5.41, 5.74) is 1.64. The van der Waals surface area contributed by atoms with E-state index in [-0.39, 0.29) is 11.4 Å². The Bertz CT molecular complexity index is 1560. The van der Waals surface area contributed by atoms with Gasteiger partial charge in [-0.25, -0.2) is 14.6 Å². The van der Waals surface area contributed by atoms with Crippen molar-refractivity contribution in [3.8, 4) is 17.0 Å². The van der Waals surface area contributed by atoms with E-state index in [1.54, 1.807) is 32.0 Å². The number of aryl methyl sites for hydroxylation is 3. The molecule has 0 aliphatic carbocycles. The summed E-state index contributed by atoms with van der Waals surface area (Å²) >= 11 is 0. The van der Waals surface area contributed by atoms with Crippen molar-refractivity contribution >= 4 is 22.0 Å². The van der Waals surface area contributed by atoms with E-state index in [1.165, 1.54) is 4.57 Å². The van der Waals surface area contributed by atoms with Crippen LogP contribution in [0.4, 0.5) is 0 Å². The Balaban J connectivity index is 2.02. The normalized spacial score (nSPS) is 11.7. The maximum absolute atomic E-state index is 12.5. The Kier molecular flexibility index (Phi) is 5.24. The van der Waals surface area contributed by atoms with Crippen molar-refractivity contribution in [1.29, 1.82) is 0 Å². The van der Waals surface area contributed by atoms with Gasteiger partial charge in [0.05, 0.1) is 11.1 Å². The number of aromatic amines is 1. The molecule has 0 radical (unpaired) electrons. The summed E-state index contributed by atoms with van der Waals surface area (Å²) in [6.45, 7) is 9.70. The molecule has 8 heteroatoms. The maximum Gasteiger partial charge on any atom is 0.339 e. The highest BCUT2D eigenvalue weighted by Gasteiger charge is 2.19. The van der Waals surface area contributed by atoms with E-state index < -0.39 is 16.9 Å². The minimum absolute atomic E-state index is 0.0725. The number of hydrogen-bond acceptors (Lipinski definition) is 6. The molecule has 0 aliphatic rings. The number of benzene rings is 1. The van der Waals surface area contributed by atoms with Gasteiger partial charge in [0, 0.05) is 28.6 Å². The minimum atomic E-state index is -0.514. The second kappa shape index (κ2) is 7.78. The van der Waals surface area contributed by atoms with Gasteiger partial charge >= 0.3 is 11.3 Å². The molecule has 1 aromatic carbocycles. The number of fused-ring (bicyclic) bond motifs is 2. The molecule has 0 spiro atoms. The maximum atomic E-state index is 12.5. The Labute approximate surface area is 183 Å². The first-order valence-corrected chi connectivity index (χ1v) is 10.5. The van der Waals surface area contributed by atoms with Gasteiger partial charge in [-0.1, -0.05) is 13.8 Å². The molecule has 4 rings (SSSR count). The largest absolute Gasteiger partial charge is 0.507 e. The quantitative estimate of drug-likeness (QED) is 0.474. The summed E-state index contributed by atoms with van der Waals surface area (Å²) in [4.78, 5) is 43.9. The average Bonchev–Trinajstić information content (AvgIpc) is 2.74. The van der Waals surface area contributed by atoms with Gasteiger partial charge in [0.2, 0.25) is 0 Å². The van der Waals surface area contributed by atoms with Crippen LogP contribution in [0.1, 0.15) is 37.0 Å². The van der Waals surface area contributed by atoms with Crippen LogP contribution in [0.25, 0.3) is 33.3 Å². The molecule has 0 saturated heterocycles. The molecule has 0 amide bonds. The second-order valence-electron chi connectivity index (χ2n) is 8.58. The van der Waals surface area contributed by atoms with Crippen molar-refractivity contribution < 1.29 is 9.52 Å². The molecule has 0 fully saturated rings. The summed E-state index contributed by atoms with van der Waals surface area (Å²) in [5, 5.41) is 11.9. The van der Waals surface area contributed by atoms with E-state index >= 15 is 0 Å². The fourth-order valence-electron chi connectivity index (χ4n) is 3.82. The van der Waals surface area contributed by atoms with Crippen molar-refractivity contribution in [3.63, 3.8) is 0 Å². The lowest BCUT2D eigenvalue weighted by Gasteiger charge is -2.14. The first-order valence-electron chi connectivity index (χ1n) is 10.5. The van der Waals surface area contributed by atoms with E-state index in [2.05, 4.69) is 23.8 Å². The highest BCUT2D eigenvalue weighted by Crippen LogP contribution is 2.37. The molecule has 4 aromatic rings. The molecule has 3 heterocycles. The molecular formula is C24H25N3O5. The third-order valence-corrected chi connectivity index (χ3v) is 6.00. The number of hydrogen-bond donors (Lipinski definition) is 2. The molecule has 32 heavy (non-hydrogen) atoms. The predicted molar refractivity (Wildman–Crippen MR) is 123 cm³/mol. The molecule has 0 bridgehead atoms. The van der Waals surface area contributed by atoms with Crippen LogP contribution in [-0.4, -0.2) is 19.6 Å². The molecule has 8 nitrogen and oxygen atoms in total. The van der Waals surface area contributed by atoms with Crippen LogP contribution >= 0.6 is 0 Å². The number of nitrogens with zero attached hydrogens (tertiary/aromatic N) is 2. The van der Waals surface area contributed by atoms with Crippen LogP contribution in [0.5, 0.6) is 5.75 Å². The number of nitrogens with one attached hydrogen (secondary N) is 1. The zero-order chi connectivity index (χ0) is 23.3. The fraction of sp³-hybridized carbons (Fsp3) is 0.333. The van der Waals surface area contributed by atoms with Crippen LogP contribution < -0.4 is 16.9 Å². The minimum Gasteiger partial charge on any atom is -0.507 e. The zero-order valence-electron chi connectivity index (χ0n) is 18.7. The predicted octanol–water partition coefficient (Wildman–Crippen LogP) is 3.54. The number of phenolic OH excluding ortho intramolecular Hbond substituents is 1. The van der Waals surface area contributed by atoms with Crippen LogP contribution in [-0.2, 0) is 6.54 Å². The Morgan fingerprint density at radius 3 is 2.47 bits per heavy atom. The van der Waals surface area contributed by atoms with Gasteiger partial charge in [-0.2, -0.15) is 0 Å². The first kappa shape index (κ1) is 21.5. The molecule has 0 atom stereocenters. The van der Waals surface area contributed by atoms with Gasteiger partial charge in [0.25, 0.3) is 5.56 Å². The lowest BCUT2D eigenvalue weighted by Crippen LogP contribution is -2.31. The number of aromatic nitrogens is 3. The highest BCUT2D eigenvalue weighted by atomic mass is 16.4. The summed E-state index contributed by atoms with van der Waals surface area (Å²) in [6.07, 6.45) is 0.741. The molecule has 166 valence electrons. The van der Waals surface area contributed by atoms with Crippen LogP contribution in [0.3, 0.4) is 0 Å². The average molecular weight is 435 g/mol. The monoisotopic (exact) mass is 435 g/mol. The van der Waals surface area contributed by atoms with E-state index in [1.807, 2.05) is 6.92 Å². The third-order valence-electron chi connectivity index (χ3n) is 6.00. The number of H-pyrrole nitrogens is 1. The Morgan fingerprint density at radius 2 is 1.78 bits per heavy atom. The Hall–Kier alpha value is -3.68. The van der Waals surface area contributed by atoms with Crippen LogP contribution in [0.15, 0.2) is 37.0 Å². The van der Waals surface area contributed by atoms with E-state index in [4.69, 9.17) is 4.42 Å².